The number of carbonyl (C=O) groups is 4. The minimum atomic E-state index is -0.510. The van der Waals surface area contributed by atoms with Gasteiger partial charge in [0.15, 0.2) is 46.1 Å². The Hall–Kier alpha value is -5.92. The maximum absolute atomic E-state index is 12.3. The molecule has 0 bridgehead atoms. The normalized spacial score (nSPS) is 14.6. The molecular weight excluding hydrogens is 620 g/mol. The van der Waals surface area contributed by atoms with Crippen molar-refractivity contribution in [2.45, 2.75) is 20.3 Å². The molecule has 0 aromatic heterocycles. The second kappa shape index (κ2) is 14.5. The molecule has 14 nitrogen and oxygen atoms in total. The molecule has 0 unspecified atom stereocenters. The summed E-state index contributed by atoms with van der Waals surface area (Å²) in [7, 11) is 7.80. The minimum Gasteiger partial charge on any atom is -0.504 e. The Morgan fingerprint density at radius 2 is 1.02 bits per heavy atom. The number of phenolic OH excluding ortho intramolecular Hbond substituents is 4. The summed E-state index contributed by atoms with van der Waals surface area (Å²) in [5.74, 6) is -3.70. The smallest absolute Gasteiger partial charge is 0.224 e. The first-order valence-electron chi connectivity index (χ1n) is 13.7. The van der Waals surface area contributed by atoms with E-state index in [4.69, 9.17) is 28.4 Å². The van der Waals surface area contributed by atoms with Gasteiger partial charge in [-0.2, -0.15) is 0 Å². The molecule has 2 aromatic rings. The Bertz CT molecular complexity index is 1790. The summed E-state index contributed by atoms with van der Waals surface area (Å²) in [4.78, 5) is 48.9. The van der Waals surface area contributed by atoms with Gasteiger partial charge in [-0.25, -0.2) is 0 Å². The van der Waals surface area contributed by atoms with Gasteiger partial charge in [0.05, 0.1) is 42.7 Å². The highest BCUT2D eigenvalue weighted by molar-refractivity contribution is 6.37. The van der Waals surface area contributed by atoms with Crippen molar-refractivity contribution in [2.24, 2.45) is 0 Å². The first-order chi connectivity index (χ1) is 22.2. The van der Waals surface area contributed by atoms with Gasteiger partial charge >= 0.3 is 0 Å². The number of methoxy groups -OCH3 is 6. The van der Waals surface area contributed by atoms with Gasteiger partial charge in [0.1, 0.15) is 0 Å². The van der Waals surface area contributed by atoms with Crippen LogP contribution >= 0.6 is 0 Å². The van der Waals surface area contributed by atoms with Crippen molar-refractivity contribution in [3.05, 3.63) is 63.6 Å². The van der Waals surface area contributed by atoms with E-state index in [1.54, 1.807) is 0 Å². The zero-order valence-corrected chi connectivity index (χ0v) is 26.9. The molecule has 14 heteroatoms. The van der Waals surface area contributed by atoms with Crippen molar-refractivity contribution >= 4 is 28.7 Å². The Morgan fingerprint density at radius 3 is 1.51 bits per heavy atom. The lowest BCUT2D eigenvalue weighted by atomic mass is 9.88. The van der Waals surface area contributed by atoms with Crippen LogP contribution in [0.3, 0.4) is 0 Å². The number of allylic oxidation sites excluding steroid dienone is 6. The summed E-state index contributed by atoms with van der Waals surface area (Å²) >= 11 is 0. The number of hydrogen-bond donors (Lipinski definition) is 4. The van der Waals surface area contributed by atoms with Crippen LogP contribution in [0.1, 0.15) is 25.0 Å². The lowest BCUT2D eigenvalue weighted by Gasteiger charge is -2.19. The summed E-state index contributed by atoms with van der Waals surface area (Å²) in [5.41, 5.74) is 0.880. The predicted octanol–water partition coefficient (Wildman–Crippen LogP) is 3.23. The molecular formula is C33H34O14. The second-order valence-electron chi connectivity index (χ2n) is 9.92. The molecule has 47 heavy (non-hydrogen) atoms. The average Bonchev–Trinajstić information content (AvgIpc) is 3.05. The van der Waals surface area contributed by atoms with Crippen LogP contribution in [-0.2, 0) is 35.1 Å². The van der Waals surface area contributed by atoms with Gasteiger partial charge in [0.2, 0.25) is 34.6 Å². The highest BCUT2D eigenvalue weighted by atomic mass is 16.5. The second-order valence-corrected chi connectivity index (χ2v) is 9.92. The van der Waals surface area contributed by atoms with Crippen molar-refractivity contribution in [2.75, 3.05) is 42.7 Å². The van der Waals surface area contributed by atoms with E-state index in [9.17, 15) is 39.6 Å². The molecule has 0 spiro atoms. The zero-order valence-electron chi connectivity index (χ0n) is 26.9. The Labute approximate surface area is 269 Å². The molecule has 0 saturated heterocycles. The number of benzene rings is 2. The van der Waals surface area contributed by atoms with Crippen LogP contribution in [0.25, 0.3) is 5.57 Å². The highest BCUT2D eigenvalue weighted by Crippen LogP contribution is 2.49. The topological polar surface area (TPSA) is 205 Å². The van der Waals surface area contributed by atoms with Gasteiger partial charge in [-0.3, -0.25) is 19.2 Å². The Balaban J connectivity index is 0.000000256. The molecule has 0 aliphatic heterocycles. The summed E-state index contributed by atoms with van der Waals surface area (Å²) in [6, 6.07) is 2.66. The number of phenols is 4. The van der Waals surface area contributed by atoms with E-state index >= 15 is 0 Å². The van der Waals surface area contributed by atoms with E-state index in [0.29, 0.717) is 0 Å². The number of rotatable bonds is 9. The molecule has 0 amide bonds. The SMILES string of the molecule is COC1=CC(=O)C(Cc2cc(OC)c(O)c(OC)c2O)=C(C)C1=O.COC1=CC(=O)C(c2cc(OC)c(O)c(OC)c2O)=C(C)C1=O. The zero-order chi connectivity index (χ0) is 35.3. The van der Waals surface area contributed by atoms with Gasteiger partial charge in [0, 0.05) is 52.0 Å². The van der Waals surface area contributed by atoms with E-state index in [2.05, 4.69) is 0 Å². The highest BCUT2D eigenvalue weighted by Gasteiger charge is 2.32. The van der Waals surface area contributed by atoms with Crippen LogP contribution in [-0.4, -0.2) is 86.2 Å². The van der Waals surface area contributed by atoms with Crippen molar-refractivity contribution in [1.29, 1.82) is 0 Å². The van der Waals surface area contributed by atoms with E-state index in [0.717, 1.165) is 12.2 Å². The number of Topliss-reactive ketones (excluding diaryl/α,β-unsaturated/α-hetero) is 2. The fraction of sp³-hybridized carbons (Fsp3) is 0.273. The van der Waals surface area contributed by atoms with E-state index < -0.39 is 23.1 Å². The van der Waals surface area contributed by atoms with Crippen LogP contribution in [0.4, 0.5) is 0 Å². The third-order valence-electron chi connectivity index (χ3n) is 7.42. The fourth-order valence-corrected chi connectivity index (χ4v) is 4.87. The molecule has 4 N–H and O–H groups in total. The first-order valence-corrected chi connectivity index (χ1v) is 13.7. The van der Waals surface area contributed by atoms with Crippen molar-refractivity contribution in [3.8, 4) is 46.0 Å². The molecule has 250 valence electrons. The Kier molecular flexibility index (Phi) is 10.9. The molecule has 2 aromatic carbocycles. The monoisotopic (exact) mass is 654 g/mol. The average molecular weight is 655 g/mol. The van der Waals surface area contributed by atoms with Gasteiger partial charge in [-0.1, -0.05) is 0 Å². The molecule has 0 heterocycles. The van der Waals surface area contributed by atoms with E-state index in [-0.39, 0.29) is 97.4 Å². The molecule has 4 rings (SSSR count). The van der Waals surface area contributed by atoms with Gasteiger partial charge < -0.3 is 48.8 Å². The van der Waals surface area contributed by atoms with Crippen molar-refractivity contribution < 1.29 is 68.0 Å². The summed E-state index contributed by atoms with van der Waals surface area (Å²) < 4.78 is 29.7. The maximum Gasteiger partial charge on any atom is 0.224 e. The molecule has 2 aliphatic rings. The lowest BCUT2D eigenvalue weighted by molar-refractivity contribution is -0.118. The van der Waals surface area contributed by atoms with Crippen LogP contribution < -0.4 is 18.9 Å². The summed E-state index contributed by atoms with van der Waals surface area (Å²) in [5, 5.41) is 40.4. The van der Waals surface area contributed by atoms with Crippen molar-refractivity contribution in [1.82, 2.24) is 0 Å². The molecule has 0 fully saturated rings. The lowest BCUT2D eigenvalue weighted by Crippen LogP contribution is -2.20. The molecule has 0 radical (unpaired) electrons. The number of ketones is 4. The van der Waals surface area contributed by atoms with E-state index in [1.807, 2.05) is 0 Å². The molecule has 0 saturated carbocycles. The Morgan fingerprint density at radius 1 is 0.553 bits per heavy atom. The number of hydrogen-bond acceptors (Lipinski definition) is 14. The minimum absolute atomic E-state index is 0.00304. The van der Waals surface area contributed by atoms with Gasteiger partial charge in [0.25, 0.3) is 0 Å². The van der Waals surface area contributed by atoms with E-state index in [1.165, 1.54) is 68.6 Å². The fourth-order valence-electron chi connectivity index (χ4n) is 4.87. The largest absolute Gasteiger partial charge is 0.504 e. The van der Waals surface area contributed by atoms with Crippen LogP contribution in [0.15, 0.2) is 52.5 Å². The summed E-state index contributed by atoms with van der Waals surface area (Å²) in [6.07, 6.45) is 2.15. The summed E-state index contributed by atoms with van der Waals surface area (Å²) in [6.45, 7) is 2.97. The first kappa shape index (κ1) is 35.6. The van der Waals surface area contributed by atoms with Crippen LogP contribution in [0, 0.1) is 0 Å². The standard InChI is InChI=1S/C17H18O7.C16H16O7/c1-8-10(11(18)7-13(23-3)14(8)19)5-9-6-12(22-2)16(21)17(24-4)15(9)20;1-7-12(9(17)6-11(22-3)13(7)18)8-5-10(21-2)15(20)16(23-4)14(8)19/h6-7,20-21H,5H2,1-4H3;5-6,19-20H,1-4H3. The molecule has 2 aliphatic carbocycles. The predicted molar refractivity (Wildman–Crippen MR) is 165 cm³/mol. The third-order valence-corrected chi connectivity index (χ3v) is 7.42. The third kappa shape index (κ3) is 6.57. The van der Waals surface area contributed by atoms with Crippen molar-refractivity contribution in [3.63, 3.8) is 0 Å². The number of ether oxygens (including phenoxy) is 6. The van der Waals surface area contributed by atoms with Gasteiger partial charge in [-0.15, -0.1) is 0 Å². The van der Waals surface area contributed by atoms with Crippen LogP contribution in [0.5, 0.6) is 46.0 Å². The van der Waals surface area contributed by atoms with Gasteiger partial charge in [-0.05, 0) is 26.0 Å². The number of carbonyl (C=O) groups excluding carboxylic acids is 4. The maximum atomic E-state index is 12.3. The quantitative estimate of drug-likeness (QED) is 0.287. The number of aromatic hydroxyl groups is 4. The van der Waals surface area contributed by atoms with Crippen LogP contribution in [0.2, 0.25) is 0 Å². The molecule has 0 atom stereocenters.